The van der Waals surface area contributed by atoms with Gasteiger partial charge in [-0.1, -0.05) is 0 Å². The van der Waals surface area contributed by atoms with Crippen LogP contribution in [0.2, 0.25) is 0 Å². The van der Waals surface area contributed by atoms with E-state index in [9.17, 15) is 10.1 Å². The lowest BCUT2D eigenvalue weighted by Crippen LogP contribution is -1.97. The topological polar surface area (TPSA) is 94.4 Å². The zero-order valence-electron chi connectivity index (χ0n) is 9.70. The number of nitro groups is 1. The Kier molecular flexibility index (Phi) is 4.33. The van der Waals surface area contributed by atoms with Gasteiger partial charge in [0, 0.05) is 35.7 Å². The molecule has 2 N–H and O–H groups in total. The Bertz CT molecular complexity index is 449. The van der Waals surface area contributed by atoms with Gasteiger partial charge in [-0.2, -0.15) is 0 Å². The number of pyridine rings is 1. The van der Waals surface area contributed by atoms with Crippen molar-refractivity contribution >= 4 is 17.6 Å². The highest BCUT2D eigenvalue weighted by molar-refractivity contribution is 6.09. The molecule has 0 amide bonds. The highest BCUT2D eigenvalue weighted by Crippen LogP contribution is 2.14. The standard InChI is InChI=1S/C11H14N4O2/c1-8(2)13-7-10(5-12)9-3-4-11(14-6-9)15(16)17/h3-8H,12H2,1-2H3. The maximum Gasteiger partial charge on any atom is 0.363 e. The summed E-state index contributed by atoms with van der Waals surface area (Å²) in [4.78, 5) is 17.8. The van der Waals surface area contributed by atoms with Crippen molar-refractivity contribution in [2.75, 3.05) is 0 Å². The summed E-state index contributed by atoms with van der Waals surface area (Å²) in [7, 11) is 0. The van der Waals surface area contributed by atoms with E-state index in [0.29, 0.717) is 11.1 Å². The zero-order chi connectivity index (χ0) is 12.8. The van der Waals surface area contributed by atoms with E-state index in [1.807, 2.05) is 13.8 Å². The van der Waals surface area contributed by atoms with Crippen LogP contribution in [-0.4, -0.2) is 22.2 Å². The normalized spacial score (nSPS) is 12.3. The van der Waals surface area contributed by atoms with Crippen molar-refractivity contribution in [3.05, 3.63) is 40.2 Å². The van der Waals surface area contributed by atoms with Crippen molar-refractivity contribution in [2.24, 2.45) is 10.7 Å². The molecule has 0 bridgehead atoms. The second-order valence-electron chi connectivity index (χ2n) is 3.66. The van der Waals surface area contributed by atoms with Gasteiger partial charge in [-0.25, -0.2) is 0 Å². The minimum Gasteiger partial charge on any atom is -0.404 e. The van der Waals surface area contributed by atoms with Gasteiger partial charge in [0.15, 0.2) is 0 Å². The third kappa shape index (κ3) is 3.67. The SMILES string of the molecule is CC(C)N=CC(=CN)c1ccc([N+](=O)[O-])nc1. The molecule has 0 fully saturated rings. The molecule has 6 heteroatoms. The molecule has 90 valence electrons. The number of allylic oxidation sites excluding steroid dienone is 1. The van der Waals surface area contributed by atoms with Gasteiger partial charge in [-0.3, -0.25) is 4.99 Å². The minimum atomic E-state index is -0.544. The van der Waals surface area contributed by atoms with Crippen LogP contribution in [0.25, 0.3) is 5.57 Å². The van der Waals surface area contributed by atoms with Crippen LogP contribution in [0.5, 0.6) is 0 Å². The van der Waals surface area contributed by atoms with E-state index in [-0.39, 0.29) is 11.9 Å². The first-order valence-corrected chi connectivity index (χ1v) is 5.10. The number of hydrogen-bond acceptors (Lipinski definition) is 5. The number of aromatic nitrogens is 1. The molecule has 0 aliphatic rings. The smallest absolute Gasteiger partial charge is 0.363 e. The Balaban J connectivity index is 2.95. The van der Waals surface area contributed by atoms with Crippen LogP contribution in [0.3, 0.4) is 0 Å². The summed E-state index contributed by atoms with van der Waals surface area (Å²) in [6, 6.07) is 3.09. The van der Waals surface area contributed by atoms with Crippen LogP contribution in [-0.2, 0) is 0 Å². The fourth-order valence-corrected chi connectivity index (χ4v) is 1.11. The van der Waals surface area contributed by atoms with Gasteiger partial charge in [0.05, 0.1) is 0 Å². The van der Waals surface area contributed by atoms with E-state index < -0.39 is 4.92 Å². The summed E-state index contributed by atoms with van der Waals surface area (Å²) in [6.07, 6.45) is 4.44. The molecule has 0 radical (unpaired) electrons. The van der Waals surface area contributed by atoms with Crippen LogP contribution in [0, 0.1) is 10.1 Å². The monoisotopic (exact) mass is 234 g/mol. The summed E-state index contributed by atoms with van der Waals surface area (Å²) in [5.41, 5.74) is 6.85. The lowest BCUT2D eigenvalue weighted by atomic mass is 10.1. The van der Waals surface area contributed by atoms with Crippen LogP contribution >= 0.6 is 0 Å². The predicted octanol–water partition coefficient (Wildman–Crippen LogP) is 1.77. The second-order valence-corrected chi connectivity index (χ2v) is 3.66. The van der Waals surface area contributed by atoms with Gasteiger partial charge >= 0.3 is 5.82 Å². The number of nitrogens with two attached hydrogens (primary N) is 1. The number of hydrogen-bond donors (Lipinski definition) is 1. The molecule has 0 aliphatic carbocycles. The van der Waals surface area contributed by atoms with E-state index >= 15 is 0 Å². The first-order chi connectivity index (χ1) is 8.04. The second kappa shape index (κ2) is 5.74. The predicted molar refractivity (Wildman–Crippen MR) is 66.7 cm³/mol. The van der Waals surface area contributed by atoms with Crippen molar-refractivity contribution in [1.82, 2.24) is 4.98 Å². The molecule has 0 spiro atoms. The molecule has 17 heavy (non-hydrogen) atoms. The largest absolute Gasteiger partial charge is 0.404 e. The molecule has 6 nitrogen and oxygen atoms in total. The molecular weight excluding hydrogens is 220 g/mol. The van der Waals surface area contributed by atoms with Crippen molar-refractivity contribution in [2.45, 2.75) is 19.9 Å². The van der Waals surface area contributed by atoms with Gasteiger partial charge in [0.25, 0.3) is 0 Å². The maximum atomic E-state index is 10.4. The van der Waals surface area contributed by atoms with Crippen LogP contribution in [0.15, 0.2) is 29.5 Å². The first-order valence-electron chi connectivity index (χ1n) is 5.10. The van der Waals surface area contributed by atoms with E-state index in [2.05, 4.69) is 9.98 Å². The van der Waals surface area contributed by atoms with E-state index in [1.165, 1.54) is 18.5 Å². The lowest BCUT2D eigenvalue weighted by Gasteiger charge is -2.00. The Labute approximate surface area is 99.0 Å². The molecule has 1 heterocycles. The van der Waals surface area contributed by atoms with Gasteiger partial charge in [-0.05, 0) is 29.8 Å². The maximum absolute atomic E-state index is 10.4. The molecule has 0 unspecified atom stereocenters. The fourth-order valence-electron chi connectivity index (χ4n) is 1.11. The quantitative estimate of drug-likeness (QED) is 0.488. The third-order valence-electron chi connectivity index (χ3n) is 1.96. The molecule has 0 aliphatic heterocycles. The minimum absolute atomic E-state index is 0.163. The molecule has 1 aromatic heterocycles. The number of nitrogens with zero attached hydrogens (tertiary/aromatic N) is 3. The lowest BCUT2D eigenvalue weighted by molar-refractivity contribution is -0.389. The van der Waals surface area contributed by atoms with Crippen molar-refractivity contribution < 1.29 is 4.92 Å². The Morgan fingerprint density at radius 3 is 2.71 bits per heavy atom. The van der Waals surface area contributed by atoms with E-state index in [4.69, 9.17) is 5.73 Å². The van der Waals surface area contributed by atoms with E-state index in [1.54, 1.807) is 12.3 Å². The molecule has 1 aromatic rings. The van der Waals surface area contributed by atoms with Crippen molar-refractivity contribution in [1.29, 1.82) is 0 Å². The van der Waals surface area contributed by atoms with Crippen molar-refractivity contribution in [3.63, 3.8) is 0 Å². The summed E-state index contributed by atoms with van der Waals surface area (Å²) in [6.45, 7) is 3.89. The zero-order valence-corrected chi connectivity index (χ0v) is 9.70. The van der Waals surface area contributed by atoms with Gasteiger partial charge in [0.2, 0.25) is 0 Å². The summed E-state index contributed by atoms with van der Waals surface area (Å²) in [5, 5.41) is 10.4. The average molecular weight is 234 g/mol. The first kappa shape index (κ1) is 12.8. The molecule has 1 rings (SSSR count). The Hall–Kier alpha value is -2.24. The molecule has 0 aromatic carbocycles. The summed E-state index contributed by atoms with van der Waals surface area (Å²) < 4.78 is 0. The fraction of sp³-hybridized carbons (Fsp3) is 0.273. The molecule has 0 atom stereocenters. The van der Waals surface area contributed by atoms with Gasteiger partial charge < -0.3 is 15.8 Å². The number of rotatable bonds is 4. The Morgan fingerprint density at radius 2 is 2.29 bits per heavy atom. The average Bonchev–Trinajstić information content (AvgIpc) is 2.30. The van der Waals surface area contributed by atoms with E-state index in [0.717, 1.165) is 0 Å². The molecule has 0 saturated heterocycles. The summed E-state index contributed by atoms with van der Waals surface area (Å²) >= 11 is 0. The highest BCUT2D eigenvalue weighted by atomic mass is 16.6. The third-order valence-corrected chi connectivity index (χ3v) is 1.96. The summed E-state index contributed by atoms with van der Waals surface area (Å²) in [5.74, 6) is -0.189. The van der Waals surface area contributed by atoms with Crippen LogP contribution in [0.4, 0.5) is 5.82 Å². The highest BCUT2D eigenvalue weighted by Gasteiger charge is 2.08. The van der Waals surface area contributed by atoms with Crippen LogP contribution in [0.1, 0.15) is 19.4 Å². The number of aliphatic imine (C=N–C) groups is 1. The van der Waals surface area contributed by atoms with Crippen LogP contribution < -0.4 is 5.73 Å². The van der Waals surface area contributed by atoms with Gasteiger partial charge in [0.1, 0.15) is 6.20 Å². The molecule has 0 saturated carbocycles. The van der Waals surface area contributed by atoms with Crippen molar-refractivity contribution in [3.8, 4) is 0 Å². The van der Waals surface area contributed by atoms with Gasteiger partial charge in [-0.15, -0.1) is 0 Å². The molecular formula is C11H14N4O2. The Morgan fingerprint density at radius 1 is 1.59 bits per heavy atom.